The molecule has 0 spiro atoms. The Hall–Kier alpha value is -1.88. The minimum Gasteiger partial charge on any atom is -0.480 e. The van der Waals surface area contributed by atoms with E-state index in [9.17, 15) is 9.59 Å². The number of aliphatic carboxylic acids is 1. The van der Waals surface area contributed by atoms with Crippen LogP contribution in [0.4, 0.5) is 0 Å². The first-order valence-corrected chi connectivity index (χ1v) is 4.76. The quantitative estimate of drug-likeness (QED) is 0.689. The zero-order chi connectivity index (χ0) is 12.1. The molecule has 0 atom stereocenters. The van der Waals surface area contributed by atoms with Crippen molar-refractivity contribution in [1.29, 1.82) is 0 Å². The summed E-state index contributed by atoms with van der Waals surface area (Å²) in [6.07, 6.45) is 0. The van der Waals surface area contributed by atoms with Gasteiger partial charge in [-0.15, -0.1) is 0 Å². The van der Waals surface area contributed by atoms with Crippen molar-refractivity contribution in [2.45, 2.75) is 13.5 Å². The predicted octanol–water partition coefficient (Wildman–Crippen LogP) is 0.867. The average molecular weight is 223 g/mol. The first kappa shape index (κ1) is 12.2. The molecular formula is C11H13NO4. The molecule has 0 heterocycles. The zero-order valence-electron chi connectivity index (χ0n) is 8.86. The van der Waals surface area contributed by atoms with Crippen LogP contribution < -0.4 is 5.32 Å². The van der Waals surface area contributed by atoms with E-state index in [1.54, 1.807) is 25.1 Å². The van der Waals surface area contributed by atoms with Crippen LogP contribution in [0.15, 0.2) is 18.2 Å². The molecule has 1 aromatic carbocycles. The number of benzene rings is 1. The molecule has 0 saturated carbocycles. The third kappa shape index (κ3) is 3.06. The van der Waals surface area contributed by atoms with Gasteiger partial charge in [-0.25, -0.2) is 4.79 Å². The fourth-order valence-electron chi connectivity index (χ4n) is 1.49. The summed E-state index contributed by atoms with van der Waals surface area (Å²) in [5.74, 6) is -1.96. The molecule has 0 fully saturated rings. The number of hydrogen-bond donors (Lipinski definition) is 3. The molecule has 0 aliphatic heterocycles. The molecule has 0 aliphatic carbocycles. The molecule has 0 saturated heterocycles. The van der Waals surface area contributed by atoms with Crippen LogP contribution in [0.5, 0.6) is 0 Å². The highest BCUT2D eigenvalue weighted by Crippen LogP contribution is 2.13. The van der Waals surface area contributed by atoms with Gasteiger partial charge in [-0.05, 0) is 18.1 Å². The largest absolute Gasteiger partial charge is 0.480 e. The molecular weight excluding hydrogens is 210 g/mol. The number of aryl methyl sites for hydroxylation is 1. The highest BCUT2D eigenvalue weighted by molar-refractivity contribution is 5.91. The molecule has 0 aromatic heterocycles. The van der Waals surface area contributed by atoms with Crippen molar-refractivity contribution in [1.82, 2.24) is 5.32 Å². The van der Waals surface area contributed by atoms with Crippen molar-refractivity contribution in [3.63, 3.8) is 0 Å². The number of nitrogens with one attached hydrogen (secondary N) is 1. The first-order chi connectivity index (χ1) is 7.52. The SMILES string of the molecule is Cc1cccc(CNCC(=O)O)c1C(=O)O. The highest BCUT2D eigenvalue weighted by Gasteiger charge is 2.12. The average Bonchev–Trinajstić information content (AvgIpc) is 2.16. The Balaban J connectivity index is 2.83. The van der Waals surface area contributed by atoms with E-state index in [0.29, 0.717) is 11.1 Å². The van der Waals surface area contributed by atoms with Crippen LogP contribution >= 0.6 is 0 Å². The van der Waals surface area contributed by atoms with Gasteiger partial charge in [0.25, 0.3) is 0 Å². The van der Waals surface area contributed by atoms with Crippen LogP contribution in [-0.4, -0.2) is 28.7 Å². The zero-order valence-corrected chi connectivity index (χ0v) is 8.86. The number of carboxylic acids is 2. The Labute approximate surface area is 92.7 Å². The lowest BCUT2D eigenvalue weighted by molar-refractivity contribution is -0.135. The lowest BCUT2D eigenvalue weighted by atomic mass is 10.0. The Morgan fingerprint density at radius 2 is 2.00 bits per heavy atom. The van der Waals surface area contributed by atoms with Gasteiger partial charge in [-0.3, -0.25) is 4.79 Å². The van der Waals surface area contributed by atoms with Gasteiger partial charge >= 0.3 is 11.9 Å². The van der Waals surface area contributed by atoms with Crippen molar-refractivity contribution >= 4 is 11.9 Å². The molecule has 16 heavy (non-hydrogen) atoms. The van der Waals surface area contributed by atoms with Crippen LogP contribution in [-0.2, 0) is 11.3 Å². The van der Waals surface area contributed by atoms with Crippen molar-refractivity contribution in [3.8, 4) is 0 Å². The molecule has 0 aliphatic rings. The maximum atomic E-state index is 11.0. The summed E-state index contributed by atoms with van der Waals surface area (Å²) in [7, 11) is 0. The molecule has 0 bridgehead atoms. The third-order valence-electron chi connectivity index (χ3n) is 2.16. The number of aromatic carboxylic acids is 1. The van der Waals surface area contributed by atoms with Gasteiger partial charge in [0.05, 0.1) is 12.1 Å². The van der Waals surface area contributed by atoms with Gasteiger partial charge in [-0.1, -0.05) is 18.2 Å². The van der Waals surface area contributed by atoms with E-state index in [1.807, 2.05) is 0 Å². The van der Waals surface area contributed by atoms with E-state index in [2.05, 4.69) is 5.32 Å². The predicted molar refractivity (Wildman–Crippen MR) is 57.5 cm³/mol. The Bertz CT molecular complexity index is 414. The summed E-state index contributed by atoms with van der Waals surface area (Å²) in [5.41, 5.74) is 1.50. The van der Waals surface area contributed by atoms with Crippen LogP contribution in [0, 0.1) is 6.92 Å². The van der Waals surface area contributed by atoms with Crippen molar-refractivity contribution in [2.75, 3.05) is 6.54 Å². The molecule has 1 rings (SSSR count). The lowest BCUT2D eigenvalue weighted by Gasteiger charge is -2.08. The Morgan fingerprint density at radius 3 is 2.56 bits per heavy atom. The summed E-state index contributed by atoms with van der Waals surface area (Å²) in [5, 5.41) is 20.1. The molecule has 1 aromatic rings. The Morgan fingerprint density at radius 1 is 1.31 bits per heavy atom. The second-order valence-corrected chi connectivity index (χ2v) is 3.41. The van der Waals surface area contributed by atoms with Crippen molar-refractivity contribution < 1.29 is 19.8 Å². The third-order valence-corrected chi connectivity index (χ3v) is 2.16. The number of hydrogen-bond acceptors (Lipinski definition) is 3. The minimum atomic E-state index is -0.995. The van der Waals surface area contributed by atoms with Crippen LogP contribution in [0.2, 0.25) is 0 Å². The summed E-state index contributed by atoms with van der Waals surface area (Å²) < 4.78 is 0. The Kier molecular flexibility index (Phi) is 4.02. The maximum Gasteiger partial charge on any atom is 0.336 e. The second-order valence-electron chi connectivity index (χ2n) is 3.41. The van der Waals surface area contributed by atoms with Crippen LogP contribution in [0.1, 0.15) is 21.5 Å². The topological polar surface area (TPSA) is 86.6 Å². The monoisotopic (exact) mass is 223 g/mol. The maximum absolute atomic E-state index is 11.0. The molecule has 0 radical (unpaired) electrons. The standard InChI is InChI=1S/C11H13NO4/c1-7-3-2-4-8(10(7)11(15)16)5-12-6-9(13)14/h2-4,12H,5-6H2,1H3,(H,13,14)(H,15,16). The van der Waals surface area contributed by atoms with Crippen molar-refractivity contribution in [3.05, 3.63) is 34.9 Å². The first-order valence-electron chi connectivity index (χ1n) is 4.76. The molecule has 0 unspecified atom stereocenters. The molecule has 0 amide bonds. The summed E-state index contributed by atoms with van der Waals surface area (Å²) in [6, 6.07) is 5.13. The number of carboxylic acid groups (broad SMARTS) is 2. The molecule has 5 heteroatoms. The van der Waals surface area contributed by atoms with Gasteiger partial charge in [0.1, 0.15) is 0 Å². The van der Waals surface area contributed by atoms with Crippen LogP contribution in [0.3, 0.4) is 0 Å². The summed E-state index contributed by atoms with van der Waals surface area (Å²) in [4.78, 5) is 21.3. The van der Waals surface area contributed by atoms with Gasteiger partial charge < -0.3 is 15.5 Å². The van der Waals surface area contributed by atoms with E-state index in [1.165, 1.54) is 0 Å². The summed E-state index contributed by atoms with van der Waals surface area (Å²) in [6.45, 7) is 1.76. The van der Waals surface area contributed by atoms with E-state index < -0.39 is 11.9 Å². The molecule has 86 valence electrons. The highest BCUT2D eigenvalue weighted by atomic mass is 16.4. The van der Waals surface area contributed by atoms with Gasteiger partial charge in [0.2, 0.25) is 0 Å². The minimum absolute atomic E-state index is 0.187. The van der Waals surface area contributed by atoms with Crippen LogP contribution in [0.25, 0.3) is 0 Å². The fraction of sp³-hybridized carbons (Fsp3) is 0.273. The smallest absolute Gasteiger partial charge is 0.336 e. The summed E-state index contributed by atoms with van der Waals surface area (Å²) >= 11 is 0. The second kappa shape index (κ2) is 5.27. The van der Waals surface area contributed by atoms with E-state index in [-0.39, 0.29) is 18.7 Å². The molecule has 5 nitrogen and oxygen atoms in total. The van der Waals surface area contributed by atoms with E-state index in [4.69, 9.17) is 10.2 Å². The van der Waals surface area contributed by atoms with Crippen molar-refractivity contribution in [2.24, 2.45) is 0 Å². The normalized spacial score (nSPS) is 10.1. The van der Waals surface area contributed by atoms with E-state index in [0.717, 1.165) is 0 Å². The lowest BCUT2D eigenvalue weighted by Crippen LogP contribution is -2.23. The fourth-order valence-corrected chi connectivity index (χ4v) is 1.49. The number of rotatable bonds is 5. The van der Waals surface area contributed by atoms with Gasteiger partial charge in [-0.2, -0.15) is 0 Å². The van der Waals surface area contributed by atoms with E-state index >= 15 is 0 Å². The number of carbonyl (C=O) groups is 2. The van der Waals surface area contributed by atoms with Gasteiger partial charge in [0, 0.05) is 6.54 Å². The van der Waals surface area contributed by atoms with Gasteiger partial charge in [0.15, 0.2) is 0 Å². The molecule has 3 N–H and O–H groups in total.